The summed E-state index contributed by atoms with van der Waals surface area (Å²) in [6.45, 7) is 2.89. The summed E-state index contributed by atoms with van der Waals surface area (Å²) in [5.41, 5.74) is 2.86. The second-order valence-corrected chi connectivity index (χ2v) is 7.57. The standard InChI is InChI=1S/C18H24N2O3S/c1-15-5-4-6-16(13-15)14-24(21,22)19-11-12-20(2)17-7-9-18(23-3)10-8-17/h4-10,13,19H,11-12,14H2,1-3H3. The van der Waals surface area contributed by atoms with Gasteiger partial charge < -0.3 is 9.64 Å². The molecule has 0 atom stereocenters. The Labute approximate surface area is 144 Å². The van der Waals surface area contributed by atoms with Crippen LogP contribution in [-0.4, -0.2) is 35.7 Å². The van der Waals surface area contributed by atoms with Gasteiger partial charge in [0.1, 0.15) is 5.75 Å². The van der Waals surface area contributed by atoms with Gasteiger partial charge >= 0.3 is 0 Å². The molecule has 130 valence electrons. The maximum atomic E-state index is 12.2. The molecule has 2 aromatic rings. The van der Waals surface area contributed by atoms with E-state index >= 15 is 0 Å². The molecule has 0 bridgehead atoms. The molecule has 0 aliphatic heterocycles. The number of rotatable bonds is 8. The molecule has 0 unspecified atom stereocenters. The lowest BCUT2D eigenvalue weighted by Crippen LogP contribution is -2.33. The highest BCUT2D eigenvalue weighted by Crippen LogP contribution is 2.17. The van der Waals surface area contributed by atoms with Crippen LogP contribution in [0.3, 0.4) is 0 Å². The summed E-state index contributed by atoms with van der Waals surface area (Å²) in [5.74, 6) is 0.798. The smallest absolute Gasteiger partial charge is 0.215 e. The number of nitrogens with one attached hydrogen (secondary N) is 1. The van der Waals surface area contributed by atoms with Crippen molar-refractivity contribution < 1.29 is 13.2 Å². The van der Waals surface area contributed by atoms with Gasteiger partial charge in [0.05, 0.1) is 12.9 Å². The molecule has 0 aliphatic carbocycles. The Hall–Kier alpha value is -2.05. The maximum Gasteiger partial charge on any atom is 0.215 e. The molecule has 24 heavy (non-hydrogen) atoms. The van der Waals surface area contributed by atoms with Gasteiger partial charge in [-0.3, -0.25) is 0 Å². The average molecular weight is 348 g/mol. The Balaban J connectivity index is 1.85. The number of aryl methyl sites for hydroxylation is 1. The van der Waals surface area contributed by atoms with Crippen molar-refractivity contribution in [1.82, 2.24) is 4.72 Å². The molecule has 0 radical (unpaired) electrons. The van der Waals surface area contributed by atoms with E-state index in [4.69, 9.17) is 4.74 Å². The topological polar surface area (TPSA) is 58.6 Å². The highest BCUT2D eigenvalue weighted by Gasteiger charge is 2.11. The Morgan fingerprint density at radius 3 is 2.46 bits per heavy atom. The fourth-order valence-corrected chi connectivity index (χ4v) is 3.53. The minimum absolute atomic E-state index is 0.000923. The lowest BCUT2D eigenvalue weighted by Gasteiger charge is -2.19. The summed E-state index contributed by atoms with van der Waals surface area (Å²) in [6, 6.07) is 15.2. The number of benzene rings is 2. The number of sulfonamides is 1. The van der Waals surface area contributed by atoms with Crippen LogP contribution in [0.15, 0.2) is 48.5 Å². The summed E-state index contributed by atoms with van der Waals surface area (Å²) in [4.78, 5) is 1.99. The third kappa shape index (κ3) is 5.54. The zero-order valence-corrected chi connectivity index (χ0v) is 15.1. The van der Waals surface area contributed by atoms with Crippen LogP contribution < -0.4 is 14.4 Å². The Morgan fingerprint density at radius 2 is 1.83 bits per heavy atom. The normalized spacial score (nSPS) is 11.3. The van der Waals surface area contributed by atoms with Gasteiger partial charge in [-0.15, -0.1) is 0 Å². The average Bonchev–Trinajstić information content (AvgIpc) is 2.54. The van der Waals surface area contributed by atoms with Crippen LogP contribution >= 0.6 is 0 Å². The monoisotopic (exact) mass is 348 g/mol. The molecule has 2 aromatic carbocycles. The third-order valence-corrected chi connectivity index (χ3v) is 5.08. The minimum atomic E-state index is -3.34. The summed E-state index contributed by atoms with van der Waals surface area (Å²) in [7, 11) is 0.217. The number of methoxy groups -OCH3 is 1. The molecule has 0 spiro atoms. The quantitative estimate of drug-likeness (QED) is 0.796. The van der Waals surface area contributed by atoms with E-state index in [2.05, 4.69) is 4.72 Å². The molecule has 2 rings (SSSR count). The molecule has 6 heteroatoms. The SMILES string of the molecule is COc1ccc(N(C)CCNS(=O)(=O)Cc2cccc(C)c2)cc1. The molecule has 0 saturated heterocycles. The zero-order chi connectivity index (χ0) is 17.6. The van der Waals surface area contributed by atoms with Crippen molar-refractivity contribution in [2.24, 2.45) is 0 Å². The lowest BCUT2D eigenvalue weighted by molar-refractivity contribution is 0.415. The number of nitrogens with zero attached hydrogens (tertiary/aromatic N) is 1. The number of hydrogen-bond donors (Lipinski definition) is 1. The molecule has 0 aliphatic rings. The zero-order valence-electron chi connectivity index (χ0n) is 14.3. The molecule has 0 saturated carbocycles. The van der Waals surface area contributed by atoms with Crippen LogP contribution in [0.2, 0.25) is 0 Å². The number of anilines is 1. The molecule has 0 amide bonds. The van der Waals surface area contributed by atoms with Crippen LogP contribution in [0.4, 0.5) is 5.69 Å². The summed E-state index contributed by atoms with van der Waals surface area (Å²) >= 11 is 0. The summed E-state index contributed by atoms with van der Waals surface area (Å²) in [5, 5.41) is 0. The Bertz CT molecular complexity index is 758. The van der Waals surface area contributed by atoms with Crippen molar-refractivity contribution in [2.45, 2.75) is 12.7 Å². The van der Waals surface area contributed by atoms with Crippen molar-refractivity contribution in [2.75, 3.05) is 32.1 Å². The van der Waals surface area contributed by atoms with Crippen LogP contribution in [0.5, 0.6) is 5.75 Å². The van der Waals surface area contributed by atoms with Crippen molar-refractivity contribution in [3.8, 4) is 5.75 Å². The molecule has 0 aromatic heterocycles. The van der Waals surface area contributed by atoms with Gasteiger partial charge in [0, 0.05) is 25.8 Å². The number of ether oxygens (including phenoxy) is 1. The highest BCUT2D eigenvalue weighted by molar-refractivity contribution is 7.88. The molecule has 0 heterocycles. The van der Waals surface area contributed by atoms with E-state index in [0.717, 1.165) is 22.6 Å². The first-order valence-corrected chi connectivity index (χ1v) is 9.43. The number of hydrogen-bond acceptors (Lipinski definition) is 4. The Kier molecular flexibility index (Phi) is 6.23. The molecular weight excluding hydrogens is 324 g/mol. The van der Waals surface area contributed by atoms with E-state index in [0.29, 0.717) is 13.1 Å². The Morgan fingerprint density at radius 1 is 1.12 bits per heavy atom. The first-order chi connectivity index (χ1) is 11.4. The maximum absolute atomic E-state index is 12.2. The van der Waals surface area contributed by atoms with E-state index in [1.807, 2.05) is 67.4 Å². The first kappa shape index (κ1) is 18.3. The summed E-state index contributed by atoms with van der Waals surface area (Å²) in [6.07, 6.45) is 0. The van der Waals surface area contributed by atoms with E-state index in [1.54, 1.807) is 7.11 Å². The van der Waals surface area contributed by atoms with Gasteiger partial charge in [-0.05, 0) is 36.8 Å². The van der Waals surface area contributed by atoms with Crippen LogP contribution in [0.1, 0.15) is 11.1 Å². The van der Waals surface area contributed by atoms with Gasteiger partial charge in [-0.25, -0.2) is 13.1 Å². The van der Waals surface area contributed by atoms with E-state index in [9.17, 15) is 8.42 Å². The summed E-state index contributed by atoms with van der Waals surface area (Å²) < 4.78 is 32.1. The predicted molar refractivity (Wildman–Crippen MR) is 98.1 cm³/mol. The largest absolute Gasteiger partial charge is 0.497 e. The molecule has 1 N–H and O–H groups in total. The van der Waals surface area contributed by atoms with Crippen molar-refractivity contribution >= 4 is 15.7 Å². The van der Waals surface area contributed by atoms with Gasteiger partial charge in [-0.2, -0.15) is 0 Å². The van der Waals surface area contributed by atoms with E-state index in [-0.39, 0.29) is 5.75 Å². The van der Waals surface area contributed by atoms with Crippen molar-refractivity contribution in [3.63, 3.8) is 0 Å². The van der Waals surface area contributed by atoms with Gasteiger partial charge in [0.25, 0.3) is 0 Å². The van der Waals surface area contributed by atoms with Crippen LogP contribution in [0, 0.1) is 6.92 Å². The molecule has 5 nitrogen and oxygen atoms in total. The molecule has 0 fully saturated rings. The lowest BCUT2D eigenvalue weighted by atomic mass is 10.2. The van der Waals surface area contributed by atoms with Gasteiger partial charge in [0.15, 0.2) is 0 Å². The molecular formula is C18H24N2O3S. The van der Waals surface area contributed by atoms with E-state index in [1.165, 1.54) is 0 Å². The van der Waals surface area contributed by atoms with Crippen molar-refractivity contribution in [3.05, 3.63) is 59.7 Å². The second-order valence-electron chi connectivity index (χ2n) is 5.76. The fraction of sp³-hybridized carbons (Fsp3) is 0.333. The number of likely N-dealkylation sites (N-methyl/N-ethyl adjacent to an activating group) is 1. The third-order valence-electron chi connectivity index (χ3n) is 3.72. The first-order valence-electron chi connectivity index (χ1n) is 7.78. The second kappa shape index (κ2) is 8.17. The predicted octanol–water partition coefficient (Wildman–Crippen LogP) is 2.56. The van der Waals surface area contributed by atoms with Gasteiger partial charge in [-0.1, -0.05) is 29.8 Å². The van der Waals surface area contributed by atoms with Crippen LogP contribution in [0.25, 0.3) is 0 Å². The fourth-order valence-electron chi connectivity index (χ4n) is 2.41. The van der Waals surface area contributed by atoms with E-state index < -0.39 is 10.0 Å². The van der Waals surface area contributed by atoms with Crippen molar-refractivity contribution in [1.29, 1.82) is 0 Å². The van der Waals surface area contributed by atoms with Gasteiger partial charge in [0.2, 0.25) is 10.0 Å². The highest BCUT2D eigenvalue weighted by atomic mass is 32.2. The van der Waals surface area contributed by atoms with Crippen LogP contribution in [-0.2, 0) is 15.8 Å². The minimum Gasteiger partial charge on any atom is -0.497 e.